The van der Waals surface area contributed by atoms with Gasteiger partial charge in [0, 0.05) is 18.1 Å². The van der Waals surface area contributed by atoms with Crippen LogP contribution in [-0.4, -0.2) is 10.9 Å². The number of carbonyl (C=O) groups excluding carboxylic acids is 1. The molecule has 1 heterocycles. The lowest BCUT2D eigenvalue weighted by Gasteiger charge is -2.06. The number of hydrogen-bond donors (Lipinski definition) is 1. The maximum absolute atomic E-state index is 12.0. The minimum atomic E-state index is -0.157. The van der Waals surface area contributed by atoms with E-state index >= 15 is 0 Å². The predicted octanol–water partition coefficient (Wildman–Crippen LogP) is 4.42. The molecule has 0 aliphatic rings. The number of amides is 1. The van der Waals surface area contributed by atoms with Crippen LogP contribution in [0.15, 0.2) is 79.1 Å². The number of carbonyl (C=O) groups is 1. The van der Waals surface area contributed by atoms with Crippen LogP contribution in [0.25, 0.3) is 11.1 Å². The molecule has 3 aromatic rings. The average Bonchev–Trinajstić information content (AvgIpc) is 2.57. The summed E-state index contributed by atoms with van der Waals surface area (Å²) in [5, 5.41) is 2.86. The molecule has 3 nitrogen and oxygen atoms in total. The molecule has 0 fully saturated rings. The maximum Gasteiger partial charge on any atom is 0.257 e. The maximum atomic E-state index is 12.0. The molecule has 2 aromatic carbocycles. The molecule has 22 heavy (non-hydrogen) atoms. The van der Waals surface area contributed by atoms with Gasteiger partial charge in [0.1, 0.15) is 0 Å². The van der Waals surface area contributed by atoms with E-state index in [4.69, 9.17) is 0 Å². The molecule has 0 spiro atoms. The number of hydrogen-bond acceptors (Lipinski definition) is 2. The number of benzene rings is 2. The molecule has 0 saturated carbocycles. The van der Waals surface area contributed by atoms with Gasteiger partial charge in [0.15, 0.2) is 0 Å². The summed E-state index contributed by atoms with van der Waals surface area (Å²) in [7, 11) is 0. The molecular weight excluding hydrogens is 296 g/mol. The summed E-state index contributed by atoms with van der Waals surface area (Å²) in [5.41, 5.74) is 3.59. The van der Waals surface area contributed by atoms with E-state index in [9.17, 15) is 4.79 Å². The van der Waals surface area contributed by atoms with E-state index in [-0.39, 0.29) is 18.3 Å². The molecule has 0 atom stereocenters. The van der Waals surface area contributed by atoms with E-state index in [1.165, 1.54) is 0 Å². The molecule has 3 rings (SSSR count). The summed E-state index contributed by atoms with van der Waals surface area (Å²) >= 11 is 0. The number of aromatic nitrogens is 1. The van der Waals surface area contributed by atoms with Crippen LogP contribution in [0.2, 0.25) is 0 Å². The van der Waals surface area contributed by atoms with E-state index < -0.39 is 0 Å². The predicted molar refractivity (Wildman–Crippen MR) is 91.3 cm³/mol. The van der Waals surface area contributed by atoms with Gasteiger partial charge in [0.2, 0.25) is 0 Å². The second-order valence-corrected chi connectivity index (χ2v) is 4.64. The number of pyridine rings is 1. The Morgan fingerprint density at radius 3 is 2.14 bits per heavy atom. The van der Waals surface area contributed by atoms with Gasteiger partial charge in [0.05, 0.1) is 5.56 Å². The highest BCUT2D eigenvalue weighted by Gasteiger charge is 2.05. The van der Waals surface area contributed by atoms with Gasteiger partial charge in [-0.2, -0.15) is 0 Å². The number of halogens is 1. The normalized spacial score (nSPS) is 9.64. The zero-order valence-corrected chi connectivity index (χ0v) is 12.6. The summed E-state index contributed by atoms with van der Waals surface area (Å²) in [6.07, 6.45) is 3.19. The molecule has 0 radical (unpaired) electrons. The van der Waals surface area contributed by atoms with Crippen molar-refractivity contribution in [3.8, 4) is 11.1 Å². The summed E-state index contributed by atoms with van der Waals surface area (Å²) in [4.78, 5) is 16.0. The summed E-state index contributed by atoms with van der Waals surface area (Å²) in [6, 6.07) is 21.4. The fourth-order valence-electron chi connectivity index (χ4n) is 2.08. The van der Waals surface area contributed by atoms with Gasteiger partial charge in [-0.15, -0.1) is 12.4 Å². The zero-order valence-electron chi connectivity index (χ0n) is 11.8. The molecule has 0 aliphatic heterocycles. The molecular formula is C18H15ClN2O. The van der Waals surface area contributed by atoms with Crippen LogP contribution in [0.3, 0.4) is 0 Å². The molecule has 110 valence electrons. The van der Waals surface area contributed by atoms with E-state index in [0.29, 0.717) is 5.56 Å². The van der Waals surface area contributed by atoms with Crippen molar-refractivity contribution in [2.45, 2.75) is 0 Å². The van der Waals surface area contributed by atoms with Crippen molar-refractivity contribution in [3.05, 3.63) is 84.7 Å². The number of nitrogens with one attached hydrogen (secondary N) is 1. The lowest BCUT2D eigenvalue weighted by Crippen LogP contribution is -2.11. The molecule has 4 heteroatoms. The molecule has 0 bridgehead atoms. The van der Waals surface area contributed by atoms with Crippen LogP contribution >= 0.6 is 12.4 Å². The third kappa shape index (κ3) is 3.71. The molecule has 0 unspecified atom stereocenters. The summed E-state index contributed by atoms with van der Waals surface area (Å²) in [5.74, 6) is -0.157. The minimum absolute atomic E-state index is 0. The number of rotatable bonds is 3. The first kappa shape index (κ1) is 15.7. The summed E-state index contributed by atoms with van der Waals surface area (Å²) < 4.78 is 0. The lowest BCUT2D eigenvalue weighted by atomic mass is 10.1. The Morgan fingerprint density at radius 1 is 0.818 bits per heavy atom. The highest BCUT2D eigenvalue weighted by Crippen LogP contribution is 2.21. The van der Waals surface area contributed by atoms with Gasteiger partial charge in [-0.1, -0.05) is 42.5 Å². The minimum Gasteiger partial charge on any atom is -0.322 e. The first-order valence-electron chi connectivity index (χ1n) is 6.70. The first-order valence-corrected chi connectivity index (χ1v) is 6.70. The number of anilines is 1. The second-order valence-electron chi connectivity index (χ2n) is 4.64. The van der Waals surface area contributed by atoms with E-state index in [1.54, 1.807) is 24.5 Å². The lowest BCUT2D eigenvalue weighted by molar-refractivity contribution is 0.102. The van der Waals surface area contributed by atoms with E-state index in [0.717, 1.165) is 16.8 Å². The van der Waals surface area contributed by atoms with Crippen molar-refractivity contribution in [1.29, 1.82) is 0 Å². The van der Waals surface area contributed by atoms with Crippen LogP contribution in [0.4, 0.5) is 5.69 Å². The Bertz CT molecular complexity index is 728. The molecule has 1 amide bonds. The van der Waals surface area contributed by atoms with Crippen molar-refractivity contribution < 1.29 is 4.79 Å². The topological polar surface area (TPSA) is 42.0 Å². The largest absolute Gasteiger partial charge is 0.322 e. The molecule has 0 saturated heterocycles. The van der Waals surface area contributed by atoms with E-state index in [1.807, 2.05) is 42.5 Å². The third-order valence-corrected chi connectivity index (χ3v) is 3.17. The standard InChI is InChI=1S/C18H14N2O.ClH/c21-18(16-7-4-12-19-13-16)20-17-10-8-15(9-11-17)14-5-2-1-3-6-14;/h1-13H,(H,20,21);1H. The summed E-state index contributed by atoms with van der Waals surface area (Å²) in [6.45, 7) is 0. The van der Waals surface area contributed by atoms with Gasteiger partial charge in [0.25, 0.3) is 5.91 Å². The zero-order chi connectivity index (χ0) is 14.5. The third-order valence-electron chi connectivity index (χ3n) is 3.17. The van der Waals surface area contributed by atoms with Crippen LogP contribution in [0.5, 0.6) is 0 Å². The Morgan fingerprint density at radius 2 is 1.50 bits per heavy atom. The second kappa shape index (κ2) is 7.38. The first-order chi connectivity index (χ1) is 10.3. The van der Waals surface area contributed by atoms with Gasteiger partial charge in [-0.3, -0.25) is 9.78 Å². The van der Waals surface area contributed by atoms with Crippen molar-refractivity contribution >= 4 is 24.0 Å². The van der Waals surface area contributed by atoms with Crippen LogP contribution in [-0.2, 0) is 0 Å². The van der Waals surface area contributed by atoms with Gasteiger partial charge in [-0.25, -0.2) is 0 Å². The van der Waals surface area contributed by atoms with Gasteiger partial charge >= 0.3 is 0 Å². The van der Waals surface area contributed by atoms with Crippen LogP contribution < -0.4 is 5.32 Å². The number of nitrogens with zero attached hydrogens (tertiary/aromatic N) is 1. The molecule has 1 N–H and O–H groups in total. The Kier molecular flexibility index (Phi) is 5.28. The Balaban J connectivity index is 0.00000176. The fourth-order valence-corrected chi connectivity index (χ4v) is 2.08. The fraction of sp³-hybridized carbons (Fsp3) is 0. The van der Waals surface area contributed by atoms with E-state index in [2.05, 4.69) is 22.4 Å². The smallest absolute Gasteiger partial charge is 0.257 e. The van der Waals surface area contributed by atoms with Crippen molar-refractivity contribution in [2.24, 2.45) is 0 Å². The van der Waals surface area contributed by atoms with Crippen LogP contribution in [0, 0.1) is 0 Å². The van der Waals surface area contributed by atoms with Crippen molar-refractivity contribution in [1.82, 2.24) is 4.98 Å². The average molecular weight is 311 g/mol. The SMILES string of the molecule is Cl.O=C(Nc1ccc(-c2ccccc2)cc1)c1cccnc1. The highest BCUT2D eigenvalue weighted by molar-refractivity contribution is 6.04. The van der Waals surface area contributed by atoms with Crippen molar-refractivity contribution in [2.75, 3.05) is 5.32 Å². The molecule has 1 aromatic heterocycles. The monoisotopic (exact) mass is 310 g/mol. The highest BCUT2D eigenvalue weighted by atomic mass is 35.5. The molecule has 0 aliphatic carbocycles. The van der Waals surface area contributed by atoms with Crippen LogP contribution in [0.1, 0.15) is 10.4 Å². The van der Waals surface area contributed by atoms with Gasteiger partial charge < -0.3 is 5.32 Å². The van der Waals surface area contributed by atoms with Crippen molar-refractivity contribution in [3.63, 3.8) is 0 Å². The quantitative estimate of drug-likeness (QED) is 0.778. The Hall–Kier alpha value is -2.65. The van der Waals surface area contributed by atoms with Gasteiger partial charge in [-0.05, 0) is 35.4 Å². The Labute approximate surface area is 135 Å².